The Bertz CT molecular complexity index is 1310. The van der Waals surface area contributed by atoms with Crippen LogP contribution in [0.4, 0.5) is 4.39 Å². The molecule has 2 rings (SSSR count). The van der Waals surface area contributed by atoms with Gasteiger partial charge in [0.1, 0.15) is 23.9 Å². The second-order valence-corrected chi connectivity index (χ2v) is 10.7. The average molecular weight is 619 g/mol. The highest BCUT2D eigenvalue weighted by atomic mass is 19.1. The zero-order valence-electron chi connectivity index (χ0n) is 25.2. The highest BCUT2D eigenvalue weighted by Gasteiger charge is 2.31. The highest BCUT2D eigenvalue weighted by Crippen LogP contribution is 2.21. The number of nitrogens with one attached hydrogen (secondary N) is 5. The van der Waals surface area contributed by atoms with Gasteiger partial charge in [-0.05, 0) is 30.2 Å². The van der Waals surface area contributed by atoms with Crippen LogP contribution in [0.2, 0.25) is 0 Å². The summed E-state index contributed by atoms with van der Waals surface area (Å²) in [6.45, 7) is 2.13. The molecule has 8 N–H and O–H groups in total. The average Bonchev–Trinajstić information content (AvgIpc) is 3.35. The summed E-state index contributed by atoms with van der Waals surface area (Å²) < 4.78 is 13.7. The van der Waals surface area contributed by atoms with Crippen molar-refractivity contribution in [3.63, 3.8) is 0 Å². The molecule has 0 radical (unpaired) electrons. The van der Waals surface area contributed by atoms with Crippen LogP contribution in [0.15, 0.2) is 24.4 Å². The standard InChI is InChI=1S/C30H43FN6O7/c1-3-4-5-6-7-8-9-10-26(39)35-22(13-18-17-34-21-14-19(31)11-12-20(18)21)29(43)36-23(15-25(32)38)30(44)37-24(16-27(40)41)28(42)33-2/h11-12,14,17,22-24,34H,3-10,13,15-16H2,1-2H3,(H2,32,38)(H,33,42)(H,35,39)(H,36,43)(H,37,44)(H,40,41). The Hall–Kier alpha value is -4.49. The Morgan fingerprint density at radius 2 is 1.48 bits per heavy atom. The number of nitrogens with two attached hydrogens (primary N) is 1. The fraction of sp³-hybridized carbons (Fsp3) is 0.533. The number of carboxylic acid groups (broad SMARTS) is 1. The summed E-state index contributed by atoms with van der Waals surface area (Å²) in [5, 5.41) is 19.4. The Morgan fingerprint density at radius 1 is 0.864 bits per heavy atom. The molecule has 0 aliphatic rings. The van der Waals surface area contributed by atoms with Gasteiger partial charge in [-0.15, -0.1) is 0 Å². The molecule has 3 atom stereocenters. The number of fused-ring (bicyclic) bond motifs is 1. The molecule has 0 saturated heterocycles. The third-order valence-electron chi connectivity index (χ3n) is 7.11. The van der Waals surface area contributed by atoms with Crippen molar-refractivity contribution in [3.05, 3.63) is 35.8 Å². The number of carbonyl (C=O) groups is 6. The second kappa shape index (κ2) is 18.2. The molecule has 2 aromatic rings. The third kappa shape index (κ3) is 12.0. The van der Waals surface area contributed by atoms with E-state index in [2.05, 4.69) is 33.2 Å². The Balaban J connectivity index is 2.22. The van der Waals surface area contributed by atoms with Gasteiger partial charge in [0.15, 0.2) is 0 Å². The first-order valence-corrected chi connectivity index (χ1v) is 14.8. The SMILES string of the molecule is CCCCCCCCCC(=O)NC(Cc1c[nH]c2cc(F)ccc12)C(=O)NC(CC(N)=O)C(=O)NC(CC(=O)O)C(=O)NC. The maximum Gasteiger partial charge on any atom is 0.305 e. The molecule has 1 aromatic carbocycles. The Morgan fingerprint density at radius 3 is 2.09 bits per heavy atom. The number of aliphatic carboxylic acids is 1. The number of halogens is 1. The van der Waals surface area contributed by atoms with Gasteiger partial charge in [-0.3, -0.25) is 28.8 Å². The van der Waals surface area contributed by atoms with Gasteiger partial charge < -0.3 is 37.1 Å². The van der Waals surface area contributed by atoms with Crippen molar-refractivity contribution in [2.75, 3.05) is 7.05 Å². The van der Waals surface area contributed by atoms with Crippen LogP contribution in [0.1, 0.15) is 76.7 Å². The number of likely N-dealkylation sites (N-methyl/N-ethyl adjacent to an activating group) is 1. The van der Waals surface area contributed by atoms with Crippen LogP contribution in [0.5, 0.6) is 0 Å². The number of amides is 5. The molecule has 1 aromatic heterocycles. The zero-order chi connectivity index (χ0) is 32.6. The molecule has 1 heterocycles. The van der Waals surface area contributed by atoms with E-state index in [1.54, 1.807) is 6.20 Å². The predicted octanol–water partition coefficient (Wildman–Crippen LogP) is 1.54. The first-order chi connectivity index (χ1) is 20.9. The number of aromatic nitrogens is 1. The number of hydrogen-bond donors (Lipinski definition) is 7. The molecule has 0 aliphatic carbocycles. The molecule has 0 bridgehead atoms. The van der Waals surface area contributed by atoms with Gasteiger partial charge >= 0.3 is 5.97 Å². The first-order valence-electron chi connectivity index (χ1n) is 14.8. The Kier molecular flexibility index (Phi) is 14.8. The van der Waals surface area contributed by atoms with Gasteiger partial charge in [0.05, 0.1) is 12.8 Å². The van der Waals surface area contributed by atoms with E-state index in [0.717, 1.165) is 32.1 Å². The van der Waals surface area contributed by atoms with Crippen LogP contribution in [0.25, 0.3) is 10.9 Å². The lowest BCUT2D eigenvalue weighted by molar-refractivity contribution is -0.141. The van der Waals surface area contributed by atoms with E-state index in [1.807, 2.05) is 0 Å². The number of primary amides is 1. The van der Waals surface area contributed by atoms with Gasteiger partial charge in [-0.25, -0.2) is 4.39 Å². The van der Waals surface area contributed by atoms with Crippen molar-refractivity contribution in [2.45, 2.75) is 95.7 Å². The van der Waals surface area contributed by atoms with Crippen LogP contribution in [0, 0.1) is 5.82 Å². The smallest absolute Gasteiger partial charge is 0.305 e. The normalized spacial score (nSPS) is 13.0. The summed E-state index contributed by atoms with van der Waals surface area (Å²) >= 11 is 0. The molecule has 0 fully saturated rings. The van der Waals surface area contributed by atoms with Crippen molar-refractivity contribution in [2.24, 2.45) is 5.73 Å². The molecule has 3 unspecified atom stereocenters. The molecule has 0 aliphatic heterocycles. The lowest BCUT2D eigenvalue weighted by atomic mass is 10.0. The number of benzene rings is 1. The lowest BCUT2D eigenvalue weighted by Gasteiger charge is -2.24. The maximum atomic E-state index is 13.7. The van der Waals surface area contributed by atoms with E-state index in [9.17, 15) is 33.2 Å². The number of H-pyrrole nitrogens is 1. The topological polar surface area (TPSA) is 213 Å². The fourth-order valence-electron chi connectivity index (χ4n) is 4.78. The maximum absolute atomic E-state index is 13.7. The van der Waals surface area contributed by atoms with Crippen molar-refractivity contribution < 1.29 is 38.3 Å². The minimum absolute atomic E-state index is 0.0367. The van der Waals surface area contributed by atoms with Gasteiger partial charge in [0, 0.05) is 37.0 Å². The van der Waals surface area contributed by atoms with E-state index in [1.165, 1.54) is 31.7 Å². The molecular weight excluding hydrogens is 575 g/mol. The Labute approximate surface area is 255 Å². The van der Waals surface area contributed by atoms with Crippen LogP contribution in [-0.2, 0) is 35.2 Å². The molecule has 44 heavy (non-hydrogen) atoms. The van der Waals surface area contributed by atoms with Gasteiger partial charge in [-0.2, -0.15) is 0 Å². The minimum atomic E-state index is -1.57. The summed E-state index contributed by atoms with van der Waals surface area (Å²) in [5.41, 5.74) is 6.38. The summed E-state index contributed by atoms with van der Waals surface area (Å²) in [6.07, 6.45) is 7.30. The number of carboxylic acids is 1. The zero-order valence-corrected chi connectivity index (χ0v) is 25.2. The van der Waals surface area contributed by atoms with Gasteiger partial charge in [0.2, 0.25) is 29.5 Å². The van der Waals surface area contributed by atoms with Gasteiger partial charge in [0.25, 0.3) is 0 Å². The highest BCUT2D eigenvalue weighted by molar-refractivity contribution is 5.97. The lowest BCUT2D eigenvalue weighted by Crippen LogP contribution is -2.58. The second-order valence-electron chi connectivity index (χ2n) is 10.7. The van der Waals surface area contributed by atoms with Crippen molar-refractivity contribution in [1.82, 2.24) is 26.3 Å². The van der Waals surface area contributed by atoms with Crippen LogP contribution < -0.4 is 27.0 Å². The third-order valence-corrected chi connectivity index (χ3v) is 7.11. The van der Waals surface area contributed by atoms with E-state index < -0.39 is 66.4 Å². The number of carbonyl (C=O) groups excluding carboxylic acids is 5. The molecule has 5 amide bonds. The van der Waals surface area contributed by atoms with Crippen molar-refractivity contribution in [1.29, 1.82) is 0 Å². The van der Waals surface area contributed by atoms with Crippen molar-refractivity contribution >= 4 is 46.4 Å². The molecule has 13 nitrogen and oxygen atoms in total. The summed E-state index contributed by atoms with van der Waals surface area (Å²) in [7, 11) is 1.25. The largest absolute Gasteiger partial charge is 0.481 e. The summed E-state index contributed by atoms with van der Waals surface area (Å²) in [4.78, 5) is 77.5. The molecule has 14 heteroatoms. The molecule has 0 saturated carbocycles. The summed E-state index contributed by atoms with van der Waals surface area (Å²) in [5.74, 6) is -5.78. The van der Waals surface area contributed by atoms with E-state index in [-0.39, 0.29) is 18.7 Å². The summed E-state index contributed by atoms with van der Waals surface area (Å²) in [6, 6.07) is -0.160. The van der Waals surface area contributed by atoms with E-state index in [4.69, 9.17) is 10.8 Å². The van der Waals surface area contributed by atoms with Crippen LogP contribution in [0.3, 0.4) is 0 Å². The fourth-order valence-corrected chi connectivity index (χ4v) is 4.78. The van der Waals surface area contributed by atoms with Crippen LogP contribution >= 0.6 is 0 Å². The minimum Gasteiger partial charge on any atom is -0.481 e. The predicted molar refractivity (Wildman–Crippen MR) is 160 cm³/mol. The molecule has 242 valence electrons. The molecule has 0 spiro atoms. The van der Waals surface area contributed by atoms with Crippen molar-refractivity contribution in [3.8, 4) is 0 Å². The van der Waals surface area contributed by atoms with Crippen LogP contribution in [-0.4, -0.2) is 70.8 Å². The number of rotatable bonds is 20. The number of aromatic amines is 1. The first kappa shape index (κ1) is 35.7. The van der Waals surface area contributed by atoms with E-state index in [0.29, 0.717) is 22.9 Å². The molecular formula is C30H43FN6O7. The number of unbranched alkanes of at least 4 members (excludes halogenated alkanes) is 6. The quantitative estimate of drug-likeness (QED) is 0.109. The van der Waals surface area contributed by atoms with E-state index >= 15 is 0 Å². The number of hydrogen-bond acceptors (Lipinski definition) is 6. The van der Waals surface area contributed by atoms with Gasteiger partial charge in [-0.1, -0.05) is 45.4 Å². The monoisotopic (exact) mass is 618 g/mol.